The maximum atomic E-state index is 12.9. The molecule has 0 bridgehead atoms. The Morgan fingerprint density at radius 3 is 2.93 bits per heavy atom. The highest BCUT2D eigenvalue weighted by Crippen LogP contribution is 2.20. The first kappa shape index (κ1) is 11.9. The van der Waals surface area contributed by atoms with Crippen LogP contribution in [0.15, 0.2) is 22.7 Å². The lowest BCUT2D eigenvalue weighted by Crippen LogP contribution is -2.05. The van der Waals surface area contributed by atoms with Crippen LogP contribution in [0.25, 0.3) is 0 Å². The fourth-order valence-electron chi connectivity index (χ4n) is 1.14. The Hall–Kier alpha value is -1.21. The molecule has 0 amide bonds. The Morgan fingerprint density at radius 2 is 2.33 bits per heavy atom. The van der Waals surface area contributed by atoms with E-state index in [1.54, 1.807) is 6.92 Å². The highest BCUT2D eigenvalue weighted by molar-refractivity contribution is 9.10. The average molecular weight is 270 g/mol. The summed E-state index contributed by atoms with van der Waals surface area (Å²) in [6.07, 6.45) is 0.110. The van der Waals surface area contributed by atoms with Crippen LogP contribution in [0.3, 0.4) is 0 Å². The third-order valence-electron chi connectivity index (χ3n) is 1.94. The van der Waals surface area contributed by atoms with Crippen molar-refractivity contribution in [1.29, 1.82) is 5.26 Å². The van der Waals surface area contributed by atoms with E-state index < -0.39 is 5.82 Å². The van der Waals surface area contributed by atoms with E-state index in [0.717, 1.165) is 0 Å². The molecule has 15 heavy (non-hydrogen) atoms. The molecule has 4 heteroatoms. The minimum absolute atomic E-state index is 0.110. The standard InChI is InChI=1S/C11H9BrFNO/c1-7(6-14)4-11(15)9-5-8(13)2-3-10(9)12/h2-3,5,7H,4H2,1H3. The lowest BCUT2D eigenvalue weighted by atomic mass is 10.0. The number of Topliss-reactive ketones (excluding diaryl/α,β-unsaturated/α-hetero) is 1. The molecule has 0 heterocycles. The van der Waals surface area contributed by atoms with Crippen molar-refractivity contribution in [3.05, 3.63) is 34.1 Å². The van der Waals surface area contributed by atoms with Crippen molar-refractivity contribution in [2.45, 2.75) is 13.3 Å². The van der Waals surface area contributed by atoms with Crippen molar-refractivity contribution < 1.29 is 9.18 Å². The quantitative estimate of drug-likeness (QED) is 0.790. The molecule has 78 valence electrons. The summed E-state index contributed by atoms with van der Waals surface area (Å²) in [6, 6.07) is 5.90. The van der Waals surface area contributed by atoms with Crippen LogP contribution in [-0.2, 0) is 0 Å². The number of benzene rings is 1. The number of ketones is 1. The van der Waals surface area contributed by atoms with Gasteiger partial charge in [0.25, 0.3) is 0 Å². The van der Waals surface area contributed by atoms with E-state index in [-0.39, 0.29) is 23.7 Å². The lowest BCUT2D eigenvalue weighted by molar-refractivity contribution is 0.0971. The highest BCUT2D eigenvalue weighted by Gasteiger charge is 2.14. The second-order valence-corrected chi connectivity index (χ2v) is 4.14. The second-order valence-electron chi connectivity index (χ2n) is 3.28. The molecular weight excluding hydrogens is 261 g/mol. The average Bonchev–Trinajstić information content (AvgIpc) is 2.21. The molecule has 0 saturated heterocycles. The predicted molar refractivity (Wildman–Crippen MR) is 57.8 cm³/mol. The number of rotatable bonds is 3. The van der Waals surface area contributed by atoms with Crippen LogP contribution in [-0.4, -0.2) is 5.78 Å². The largest absolute Gasteiger partial charge is 0.294 e. The summed E-state index contributed by atoms with van der Waals surface area (Å²) in [7, 11) is 0. The minimum atomic E-state index is -0.453. The van der Waals surface area contributed by atoms with Gasteiger partial charge in [-0.25, -0.2) is 4.39 Å². The third-order valence-corrected chi connectivity index (χ3v) is 2.63. The van der Waals surface area contributed by atoms with E-state index in [1.165, 1.54) is 18.2 Å². The SMILES string of the molecule is CC(C#N)CC(=O)c1cc(F)ccc1Br. The molecule has 1 aromatic rings. The number of nitriles is 1. The van der Waals surface area contributed by atoms with Crippen LogP contribution in [0.2, 0.25) is 0 Å². The van der Waals surface area contributed by atoms with Crippen molar-refractivity contribution in [1.82, 2.24) is 0 Å². The van der Waals surface area contributed by atoms with Crippen molar-refractivity contribution in [2.75, 3.05) is 0 Å². The molecule has 0 aliphatic heterocycles. The first-order valence-electron chi connectivity index (χ1n) is 4.42. The second kappa shape index (κ2) is 5.04. The summed E-state index contributed by atoms with van der Waals surface area (Å²) in [6.45, 7) is 1.66. The molecule has 0 aliphatic rings. The molecule has 0 fully saturated rings. The molecule has 0 radical (unpaired) electrons. The molecule has 0 N–H and O–H groups in total. The van der Waals surface area contributed by atoms with Crippen molar-refractivity contribution >= 4 is 21.7 Å². The number of carbonyl (C=O) groups excluding carboxylic acids is 1. The van der Waals surface area contributed by atoms with Gasteiger partial charge in [-0.1, -0.05) is 15.9 Å². The van der Waals surface area contributed by atoms with Gasteiger partial charge in [-0.2, -0.15) is 5.26 Å². The van der Waals surface area contributed by atoms with Gasteiger partial charge in [-0.15, -0.1) is 0 Å². The van der Waals surface area contributed by atoms with Gasteiger partial charge in [0.15, 0.2) is 5.78 Å². The van der Waals surface area contributed by atoms with Gasteiger partial charge in [0.2, 0.25) is 0 Å². The van der Waals surface area contributed by atoms with Gasteiger partial charge in [-0.3, -0.25) is 4.79 Å². The maximum Gasteiger partial charge on any atom is 0.165 e. The van der Waals surface area contributed by atoms with Gasteiger partial charge in [0.1, 0.15) is 5.82 Å². The van der Waals surface area contributed by atoms with Crippen molar-refractivity contribution in [2.24, 2.45) is 5.92 Å². The van der Waals surface area contributed by atoms with Crippen LogP contribution in [0.1, 0.15) is 23.7 Å². The molecule has 0 saturated carbocycles. The van der Waals surface area contributed by atoms with Crippen molar-refractivity contribution in [3.8, 4) is 6.07 Å². The number of nitrogens with zero attached hydrogens (tertiary/aromatic N) is 1. The molecular formula is C11H9BrFNO. The minimum Gasteiger partial charge on any atom is -0.294 e. The Kier molecular flexibility index (Phi) is 3.98. The molecule has 0 aromatic heterocycles. The molecule has 1 aromatic carbocycles. The molecule has 1 rings (SSSR count). The zero-order chi connectivity index (χ0) is 11.4. The summed E-state index contributed by atoms with van der Waals surface area (Å²) in [5.41, 5.74) is 0.289. The number of carbonyl (C=O) groups is 1. The number of hydrogen-bond acceptors (Lipinski definition) is 2. The third kappa shape index (κ3) is 3.14. The molecule has 1 unspecified atom stereocenters. The van der Waals surface area contributed by atoms with Crippen LogP contribution in [0.5, 0.6) is 0 Å². The summed E-state index contributed by atoms with van der Waals surface area (Å²) < 4.78 is 13.4. The fraction of sp³-hybridized carbons (Fsp3) is 0.273. The van der Waals surface area contributed by atoms with Crippen molar-refractivity contribution in [3.63, 3.8) is 0 Å². The summed E-state index contributed by atoms with van der Waals surface area (Å²) in [4.78, 5) is 11.6. The predicted octanol–water partition coefficient (Wildman–Crippen LogP) is 3.32. The van der Waals surface area contributed by atoms with Gasteiger partial charge >= 0.3 is 0 Å². The maximum absolute atomic E-state index is 12.9. The number of hydrogen-bond donors (Lipinski definition) is 0. The smallest absolute Gasteiger partial charge is 0.165 e. The van der Waals surface area contributed by atoms with Crippen LogP contribution < -0.4 is 0 Å². The van der Waals surface area contributed by atoms with E-state index in [0.29, 0.717) is 4.47 Å². The van der Waals surface area contributed by atoms with E-state index in [2.05, 4.69) is 15.9 Å². The Morgan fingerprint density at radius 1 is 1.67 bits per heavy atom. The highest BCUT2D eigenvalue weighted by atomic mass is 79.9. The topological polar surface area (TPSA) is 40.9 Å². The monoisotopic (exact) mass is 269 g/mol. The first-order chi connectivity index (χ1) is 7.04. The molecule has 1 atom stereocenters. The zero-order valence-corrected chi connectivity index (χ0v) is 9.71. The molecule has 2 nitrogen and oxygen atoms in total. The van der Waals surface area contributed by atoms with Gasteiger partial charge in [-0.05, 0) is 25.1 Å². The van der Waals surface area contributed by atoms with E-state index in [9.17, 15) is 9.18 Å². The first-order valence-corrected chi connectivity index (χ1v) is 5.21. The van der Waals surface area contributed by atoms with Crippen LogP contribution in [0, 0.1) is 23.1 Å². The van der Waals surface area contributed by atoms with Crippen LogP contribution >= 0.6 is 15.9 Å². The molecule has 0 spiro atoms. The van der Waals surface area contributed by atoms with Crippen LogP contribution in [0.4, 0.5) is 4.39 Å². The van der Waals surface area contributed by atoms with E-state index in [4.69, 9.17) is 5.26 Å². The van der Waals surface area contributed by atoms with E-state index >= 15 is 0 Å². The Bertz CT molecular complexity index is 425. The summed E-state index contributed by atoms with van der Waals surface area (Å²) in [5, 5.41) is 8.57. The Balaban J connectivity index is 2.92. The zero-order valence-electron chi connectivity index (χ0n) is 8.13. The molecule has 0 aliphatic carbocycles. The normalized spacial score (nSPS) is 11.9. The van der Waals surface area contributed by atoms with E-state index in [1.807, 2.05) is 6.07 Å². The van der Waals surface area contributed by atoms with Gasteiger partial charge in [0, 0.05) is 16.5 Å². The Labute approximate surface area is 95.8 Å². The van der Waals surface area contributed by atoms with Gasteiger partial charge in [0.05, 0.1) is 12.0 Å². The summed E-state index contributed by atoms with van der Waals surface area (Å²) in [5.74, 6) is -1.03. The number of halogens is 2. The fourth-order valence-corrected chi connectivity index (χ4v) is 1.61. The van der Waals surface area contributed by atoms with Gasteiger partial charge < -0.3 is 0 Å². The summed E-state index contributed by atoms with van der Waals surface area (Å²) >= 11 is 3.17. The lowest BCUT2D eigenvalue weighted by Gasteiger charge is -2.04.